The van der Waals surface area contributed by atoms with Crippen molar-refractivity contribution in [3.8, 4) is 0 Å². The number of hydrogen-bond donors (Lipinski definition) is 0. The van der Waals surface area contributed by atoms with Gasteiger partial charge in [-0.05, 0) is 25.0 Å². The van der Waals surface area contributed by atoms with E-state index in [2.05, 4.69) is 35.5 Å². The third kappa shape index (κ3) is 3.00. The number of nitrogens with zero attached hydrogens (tertiary/aromatic N) is 4. The quantitative estimate of drug-likeness (QED) is 0.875. The van der Waals surface area contributed by atoms with Crippen LogP contribution < -0.4 is 0 Å². The molecule has 5 heteroatoms. The molecule has 1 aromatic heterocycles. The minimum atomic E-state index is 0.159. The summed E-state index contributed by atoms with van der Waals surface area (Å²) in [7, 11) is 0. The summed E-state index contributed by atoms with van der Waals surface area (Å²) in [6.07, 6.45) is 0.449. The molecule has 0 radical (unpaired) electrons. The molecule has 0 unspecified atom stereocenters. The fourth-order valence-corrected chi connectivity index (χ4v) is 3.23. The predicted octanol–water partition coefficient (Wildman–Crippen LogP) is 2.86. The van der Waals surface area contributed by atoms with Gasteiger partial charge < -0.3 is 9.47 Å². The molecule has 2 aromatic rings. The lowest BCUT2D eigenvalue weighted by molar-refractivity contribution is -0.132. The summed E-state index contributed by atoms with van der Waals surface area (Å²) in [5, 5.41) is 8.62. The molecule has 0 aliphatic carbocycles. The van der Waals surface area contributed by atoms with E-state index in [0.717, 1.165) is 29.3 Å². The summed E-state index contributed by atoms with van der Waals surface area (Å²) in [6, 6.07) is 8.28. The molecule has 1 aliphatic rings. The molecule has 1 aliphatic heterocycles. The standard InChI is InChI=1S/C18H24N4O/c1-12(2)18-20-19-16-11-21(10-14(4)22(16)18)17(23)9-15-8-6-5-7-13(15)3/h5-8,12,14H,9-11H2,1-4H3/t14-/m0/s1. The highest BCUT2D eigenvalue weighted by Gasteiger charge is 2.29. The second-order valence-electron chi connectivity index (χ2n) is 6.73. The minimum Gasteiger partial charge on any atom is -0.333 e. The number of fused-ring (bicyclic) bond motifs is 1. The minimum absolute atomic E-state index is 0.159. The molecule has 0 saturated carbocycles. The highest BCUT2D eigenvalue weighted by atomic mass is 16.2. The van der Waals surface area contributed by atoms with Crippen LogP contribution in [0, 0.1) is 6.92 Å². The summed E-state index contributed by atoms with van der Waals surface area (Å²) in [6.45, 7) is 9.70. The van der Waals surface area contributed by atoms with E-state index in [1.807, 2.05) is 36.1 Å². The van der Waals surface area contributed by atoms with Gasteiger partial charge in [-0.15, -0.1) is 10.2 Å². The molecule has 122 valence electrons. The monoisotopic (exact) mass is 312 g/mol. The lowest BCUT2D eigenvalue weighted by Crippen LogP contribution is -2.41. The number of carbonyl (C=O) groups excluding carboxylic acids is 1. The summed E-state index contributed by atoms with van der Waals surface area (Å²) >= 11 is 0. The van der Waals surface area contributed by atoms with Gasteiger partial charge in [0.1, 0.15) is 5.82 Å². The van der Waals surface area contributed by atoms with Gasteiger partial charge in [0.05, 0.1) is 19.0 Å². The first-order chi connectivity index (χ1) is 11.0. The molecule has 2 heterocycles. The van der Waals surface area contributed by atoms with Crippen LogP contribution in [0.1, 0.15) is 55.5 Å². The van der Waals surface area contributed by atoms with Gasteiger partial charge >= 0.3 is 0 Å². The first-order valence-electron chi connectivity index (χ1n) is 8.23. The van der Waals surface area contributed by atoms with E-state index in [1.54, 1.807) is 0 Å². The molecule has 3 rings (SSSR count). The highest BCUT2D eigenvalue weighted by Crippen LogP contribution is 2.25. The van der Waals surface area contributed by atoms with Crippen molar-refractivity contribution in [2.75, 3.05) is 6.54 Å². The second-order valence-corrected chi connectivity index (χ2v) is 6.73. The molecule has 23 heavy (non-hydrogen) atoms. The van der Waals surface area contributed by atoms with E-state index in [-0.39, 0.29) is 11.9 Å². The average Bonchev–Trinajstić information content (AvgIpc) is 2.94. The van der Waals surface area contributed by atoms with Crippen molar-refractivity contribution in [2.45, 2.75) is 52.6 Å². The Morgan fingerprint density at radius 2 is 2.04 bits per heavy atom. The van der Waals surface area contributed by atoms with Gasteiger partial charge in [0.25, 0.3) is 0 Å². The predicted molar refractivity (Wildman–Crippen MR) is 89.1 cm³/mol. The molecule has 0 spiro atoms. The largest absolute Gasteiger partial charge is 0.333 e. The van der Waals surface area contributed by atoms with Crippen LogP contribution in [0.2, 0.25) is 0 Å². The Bertz CT molecular complexity index is 720. The van der Waals surface area contributed by atoms with Gasteiger partial charge in [-0.2, -0.15) is 0 Å². The number of benzene rings is 1. The molecule has 1 aromatic carbocycles. The summed E-state index contributed by atoms with van der Waals surface area (Å²) in [5.41, 5.74) is 2.26. The maximum atomic E-state index is 12.7. The number of carbonyl (C=O) groups is 1. The number of aromatic nitrogens is 3. The topological polar surface area (TPSA) is 51.0 Å². The van der Waals surface area contributed by atoms with Crippen molar-refractivity contribution in [3.05, 3.63) is 47.0 Å². The maximum Gasteiger partial charge on any atom is 0.227 e. The zero-order chi connectivity index (χ0) is 16.6. The molecule has 1 atom stereocenters. The van der Waals surface area contributed by atoms with Crippen molar-refractivity contribution < 1.29 is 4.79 Å². The van der Waals surface area contributed by atoms with E-state index < -0.39 is 0 Å². The van der Waals surface area contributed by atoms with Crippen molar-refractivity contribution in [1.29, 1.82) is 0 Å². The van der Waals surface area contributed by atoms with Gasteiger partial charge in [0.2, 0.25) is 5.91 Å². The molecular weight excluding hydrogens is 288 g/mol. The fraction of sp³-hybridized carbons (Fsp3) is 0.500. The third-order valence-electron chi connectivity index (χ3n) is 4.52. The van der Waals surface area contributed by atoms with E-state index in [9.17, 15) is 4.79 Å². The van der Waals surface area contributed by atoms with E-state index in [1.165, 1.54) is 0 Å². The zero-order valence-electron chi connectivity index (χ0n) is 14.3. The summed E-state index contributed by atoms with van der Waals surface area (Å²) < 4.78 is 2.20. The first-order valence-corrected chi connectivity index (χ1v) is 8.23. The Balaban J connectivity index is 1.78. The molecule has 0 bridgehead atoms. The van der Waals surface area contributed by atoms with Gasteiger partial charge in [-0.3, -0.25) is 4.79 Å². The summed E-state index contributed by atoms with van der Waals surface area (Å²) in [4.78, 5) is 14.6. The highest BCUT2D eigenvalue weighted by molar-refractivity contribution is 5.79. The Morgan fingerprint density at radius 3 is 2.74 bits per heavy atom. The second kappa shape index (κ2) is 6.14. The number of hydrogen-bond acceptors (Lipinski definition) is 3. The van der Waals surface area contributed by atoms with Crippen molar-refractivity contribution in [1.82, 2.24) is 19.7 Å². The van der Waals surface area contributed by atoms with Crippen LogP contribution in [0.3, 0.4) is 0 Å². The Hall–Kier alpha value is -2.17. The SMILES string of the molecule is Cc1ccccc1CC(=O)N1Cc2nnc(C(C)C)n2[C@@H](C)C1. The van der Waals surface area contributed by atoms with Crippen LogP contribution in [0.4, 0.5) is 0 Å². The van der Waals surface area contributed by atoms with Gasteiger partial charge in [-0.1, -0.05) is 38.1 Å². The van der Waals surface area contributed by atoms with E-state index in [4.69, 9.17) is 0 Å². The van der Waals surface area contributed by atoms with Crippen LogP contribution in [0.15, 0.2) is 24.3 Å². The van der Waals surface area contributed by atoms with Crippen molar-refractivity contribution in [2.24, 2.45) is 0 Å². The molecular formula is C18H24N4O. The smallest absolute Gasteiger partial charge is 0.227 e. The van der Waals surface area contributed by atoms with E-state index in [0.29, 0.717) is 18.9 Å². The van der Waals surface area contributed by atoms with Gasteiger partial charge in [-0.25, -0.2) is 0 Å². The molecule has 1 amide bonds. The zero-order valence-corrected chi connectivity index (χ0v) is 14.3. The van der Waals surface area contributed by atoms with Crippen molar-refractivity contribution >= 4 is 5.91 Å². The maximum absolute atomic E-state index is 12.7. The Labute approximate surface area is 137 Å². The van der Waals surface area contributed by atoms with Crippen LogP contribution >= 0.6 is 0 Å². The first kappa shape index (κ1) is 15.7. The molecule has 0 N–H and O–H groups in total. The number of aryl methyl sites for hydroxylation is 1. The third-order valence-corrected chi connectivity index (χ3v) is 4.52. The van der Waals surface area contributed by atoms with Crippen LogP contribution in [-0.2, 0) is 17.8 Å². The van der Waals surface area contributed by atoms with Gasteiger partial charge in [0, 0.05) is 12.5 Å². The van der Waals surface area contributed by atoms with E-state index >= 15 is 0 Å². The average molecular weight is 312 g/mol. The fourth-order valence-electron chi connectivity index (χ4n) is 3.23. The molecule has 0 fully saturated rings. The Kier molecular flexibility index (Phi) is 4.20. The van der Waals surface area contributed by atoms with Crippen LogP contribution in [0.5, 0.6) is 0 Å². The number of amides is 1. The molecule has 5 nitrogen and oxygen atoms in total. The summed E-state index contributed by atoms with van der Waals surface area (Å²) in [5.74, 6) is 2.41. The molecule has 0 saturated heterocycles. The van der Waals surface area contributed by atoms with Crippen LogP contribution in [0.25, 0.3) is 0 Å². The normalized spacial score (nSPS) is 17.4. The number of rotatable bonds is 3. The lowest BCUT2D eigenvalue weighted by atomic mass is 10.0. The Morgan fingerprint density at radius 1 is 1.30 bits per heavy atom. The van der Waals surface area contributed by atoms with Crippen molar-refractivity contribution in [3.63, 3.8) is 0 Å². The lowest BCUT2D eigenvalue weighted by Gasteiger charge is -2.33. The van der Waals surface area contributed by atoms with Gasteiger partial charge in [0.15, 0.2) is 5.82 Å². The van der Waals surface area contributed by atoms with Crippen LogP contribution in [-0.4, -0.2) is 32.1 Å².